The van der Waals surface area contributed by atoms with Gasteiger partial charge in [0.1, 0.15) is 0 Å². The number of rotatable bonds is 2. The van der Waals surface area contributed by atoms with Crippen LogP contribution in [-0.2, 0) is 9.53 Å². The summed E-state index contributed by atoms with van der Waals surface area (Å²) in [6, 6.07) is 6.42. The Bertz CT molecular complexity index is 568. The van der Waals surface area contributed by atoms with Crippen LogP contribution in [-0.4, -0.2) is 60.9 Å². The maximum Gasteiger partial charge on any atom is 0.337 e. The number of nitrogens with zero attached hydrogens (tertiary/aromatic N) is 2. The first-order valence-corrected chi connectivity index (χ1v) is 7.26. The van der Waals surface area contributed by atoms with Crippen LogP contribution in [0.3, 0.4) is 0 Å². The Morgan fingerprint density at radius 2 is 1.45 bits per heavy atom. The van der Waals surface area contributed by atoms with Crippen molar-refractivity contribution in [1.82, 2.24) is 9.80 Å². The van der Waals surface area contributed by atoms with Gasteiger partial charge in [0.05, 0.1) is 12.7 Å². The monoisotopic (exact) mass is 304 g/mol. The molecule has 1 aromatic carbocycles. The minimum atomic E-state index is -0.425. The van der Waals surface area contributed by atoms with Crippen molar-refractivity contribution in [2.24, 2.45) is 0 Å². The van der Waals surface area contributed by atoms with Crippen LogP contribution in [0.15, 0.2) is 24.3 Å². The van der Waals surface area contributed by atoms with Crippen molar-refractivity contribution < 1.29 is 19.1 Å². The lowest BCUT2D eigenvalue weighted by Crippen LogP contribution is -2.36. The van der Waals surface area contributed by atoms with E-state index in [0.717, 1.165) is 6.42 Å². The minimum Gasteiger partial charge on any atom is -0.465 e. The zero-order valence-corrected chi connectivity index (χ0v) is 12.9. The van der Waals surface area contributed by atoms with Crippen molar-refractivity contribution in [3.05, 3.63) is 35.4 Å². The van der Waals surface area contributed by atoms with E-state index in [2.05, 4.69) is 4.74 Å². The Morgan fingerprint density at radius 3 is 2.05 bits per heavy atom. The van der Waals surface area contributed by atoms with Gasteiger partial charge in [-0.2, -0.15) is 0 Å². The van der Waals surface area contributed by atoms with E-state index in [1.165, 1.54) is 7.11 Å². The van der Waals surface area contributed by atoms with Crippen LogP contribution in [0.25, 0.3) is 0 Å². The van der Waals surface area contributed by atoms with Gasteiger partial charge in [0.25, 0.3) is 5.91 Å². The summed E-state index contributed by atoms with van der Waals surface area (Å²) in [5.41, 5.74) is 0.946. The van der Waals surface area contributed by atoms with Gasteiger partial charge in [0.15, 0.2) is 0 Å². The van der Waals surface area contributed by atoms with Crippen molar-refractivity contribution in [1.29, 1.82) is 0 Å². The molecule has 1 saturated heterocycles. The SMILES string of the molecule is COC(=O)c1ccc(C(=O)N2CCCN(C(C)=O)CC2)cc1. The minimum absolute atomic E-state index is 0.0386. The number of benzene rings is 1. The maximum atomic E-state index is 12.5. The van der Waals surface area contributed by atoms with Gasteiger partial charge >= 0.3 is 5.97 Å². The second-order valence-electron chi connectivity index (χ2n) is 5.22. The molecule has 2 rings (SSSR count). The predicted molar refractivity (Wildman–Crippen MR) is 80.6 cm³/mol. The van der Waals surface area contributed by atoms with Crippen molar-refractivity contribution >= 4 is 17.8 Å². The Balaban J connectivity index is 2.05. The Labute approximate surface area is 129 Å². The van der Waals surface area contributed by atoms with E-state index in [-0.39, 0.29) is 11.8 Å². The van der Waals surface area contributed by atoms with Crippen LogP contribution in [0.1, 0.15) is 34.1 Å². The van der Waals surface area contributed by atoms with Crippen molar-refractivity contribution in [2.45, 2.75) is 13.3 Å². The van der Waals surface area contributed by atoms with E-state index < -0.39 is 5.97 Å². The summed E-state index contributed by atoms with van der Waals surface area (Å²) in [7, 11) is 1.32. The fourth-order valence-electron chi connectivity index (χ4n) is 2.48. The van der Waals surface area contributed by atoms with Gasteiger partial charge < -0.3 is 14.5 Å². The molecule has 1 heterocycles. The molecule has 1 aliphatic rings. The van der Waals surface area contributed by atoms with E-state index in [0.29, 0.717) is 37.3 Å². The number of esters is 1. The average Bonchev–Trinajstić information content (AvgIpc) is 2.79. The fraction of sp³-hybridized carbons (Fsp3) is 0.438. The van der Waals surface area contributed by atoms with Crippen LogP contribution in [0.2, 0.25) is 0 Å². The first-order valence-electron chi connectivity index (χ1n) is 7.26. The van der Waals surface area contributed by atoms with Gasteiger partial charge in [-0.3, -0.25) is 9.59 Å². The lowest BCUT2D eigenvalue weighted by atomic mass is 10.1. The normalized spacial score (nSPS) is 15.2. The Kier molecular flexibility index (Phi) is 5.14. The van der Waals surface area contributed by atoms with Crippen LogP contribution in [0, 0.1) is 0 Å². The first kappa shape index (κ1) is 16.0. The summed E-state index contributed by atoms with van der Waals surface area (Å²) in [6.45, 7) is 3.93. The Hall–Kier alpha value is -2.37. The van der Waals surface area contributed by atoms with E-state index >= 15 is 0 Å². The molecule has 0 saturated carbocycles. The van der Waals surface area contributed by atoms with Crippen LogP contribution < -0.4 is 0 Å². The zero-order valence-electron chi connectivity index (χ0n) is 12.9. The molecule has 2 amide bonds. The van der Waals surface area contributed by atoms with Crippen molar-refractivity contribution in [3.8, 4) is 0 Å². The van der Waals surface area contributed by atoms with Crippen molar-refractivity contribution in [3.63, 3.8) is 0 Å². The third kappa shape index (κ3) is 3.63. The van der Waals surface area contributed by atoms with Crippen LogP contribution >= 0.6 is 0 Å². The van der Waals surface area contributed by atoms with Crippen molar-refractivity contribution in [2.75, 3.05) is 33.3 Å². The number of carbonyl (C=O) groups is 3. The van der Waals surface area contributed by atoms with E-state index in [4.69, 9.17) is 0 Å². The summed E-state index contributed by atoms with van der Waals surface area (Å²) in [6.07, 6.45) is 0.769. The van der Waals surface area contributed by atoms with E-state index in [1.807, 2.05) is 0 Å². The topological polar surface area (TPSA) is 66.9 Å². The highest BCUT2D eigenvalue weighted by Gasteiger charge is 2.21. The summed E-state index contributed by atoms with van der Waals surface area (Å²) >= 11 is 0. The average molecular weight is 304 g/mol. The van der Waals surface area contributed by atoms with Crippen LogP contribution in [0.4, 0.5) is 0 Å². The summed E-state index contributed by atoms with van der Waals surface area (Å²) < 4.78 is 4.63. The Morgan fingerprint density at radius 1 is 0.909 bits per heavy atom. The molecule has 22 heavy (non-hydrogen) atoms. The molecular formula is C16H20N2O4. The highest BCUT2D eigenvalue weighted by Crippen LogP contribution is 2.11. The molecule has 0 aromatic heterocycles. The highest BCUT2D eigenvalue weighted by molar-refractivity contribution is 5.96. The maximum absolute atomic E-state index is 12.5. The second-order valence-corrected chi connectivity index (χ2v) is 5.22. The largest absolute Gasteiger partial charge is 0.465 e. The number of ether oxygens (including phenoxy) is 1. The molecule has 118 valence electrons. The number of carbonyl (C=O) groups excluding carboxylic acids is 3. The third-order valence-electron chi connectivity index (χ3n) is 3.78. The van der Waals surface area contributed by atoms with Gasteiger partial charge in [-0.05, 0) is 30.7 Å². The van der Waals surface area contributed by atoms with Crippen LogP contribution in [0.5, 0.6) is 0 Å². The highest BCUT2D eigenvalue weighted by atomic mass is 16.5. The molecular weight excluding hydrogens is 284 g/mol. The van der Waals surface area contributed by atoms with Gasteiger partial charge in [0, 0.05) is 38.7 Å². The molecule has 0 unspecified atom stereocenters. The molecule has 6 heteroatoms. The quantitative estimate of drug-likeness (QED) is 0.769. The molecule has 0 aliphatic carbocycles. The molecule has 1 aromatic rings. The predicted octanol–water partition coefficient (Wildman–Crippen LogP) is 1.17. The number of hydrogen-bond donors (Lipinski definition) is 0. The smallest absolute Gasteiger partial charge is 0.337 e. The third-order valence-corrected chi connectivity index (χ3v) is 3.78. The second kappa shape index (κ2) is 7.06. The lowest BCUT2D eigenvalue weighted by molar-refractivity contribution is -0.128. The van der Waals surface area contributed by atoms with E-state index in [1.54, 1.807) is 41.0 Å². The fourth-order valence-corrected chi connectivity index (χ4v) is 2.48. The number of hydrogen-bond acceptors (Lipinski definition) is 4. The molecule has 0 atom stereocenters. The molecule has 0 N–H and O–H groups in total. The first-order chi connectivity index (χ1) is 10.5. The number of methoxy groups -OCH3 is 1. The zero-order chi connectivity index (χ0) is 16.1. The van der Waals surface area contributed by atoms with Gasteiger partial charge in [-0.1, -0.05) is 0 Å². The molecule has 1 aliphatic heterocycles. The summed E-state index contributed by atoms with van der Waals surface area (Å²) in [4.78, 5) is 38.8. The van der Waals surface area contributed by atoms with E-state index in [9.17, 15) is 14.4 Å². The summed E-state index contributed by atoms with van der Waals surface area (Å²) in [5.74, 6) is -0.468. The van der Waals surface area contributed by atoms with Gasteiger partial charge in [0.2, 0.25) is 5.91 Å². The molecule has 0 radical (unpaired) electrons. The lowest BCUT2D eigenvalue weighted by Gasteiger charge is -2.21. The molecule has 0 bridgehead atoms. The number of amides is 2. The standard InChI is InChI=1S/C16H20N2O4/c1-12(19)17-8-3-9-18(11-10-17)15(20)13-4-6-14(7-5-13)16(21)22-2/h4-7H,3,8-11H2,1-2H3. The summed E-state index contributed by atoms with van der Waals surface area (Å²) in [5, 5.41) is 0. The molecule has 6 nitrogen and oxygen atoms in total. The van der Waals surface area contributed by atoms with Gasteiger partial charge in [-0.25, -0.2) is 4.79 Å². The van der Waals surface area contributed by atoms with Gasteiger partial charge in [-0.15, -0.1) is 0 Å². The molecule has 1 fully saturated rings. The molecule has 0 spiro atoms.